The van der Waals surface area contributed by atoms with Gasteiger partial charge in [-0.25, -0.2) is 18.4 Å². The van der Waals surface area contributed by atoms with E-state index in [4.69, 9.17) is 5.11 Å². The number of sulfone groups is 1. The third-order valence-corrected chi connectivity index (χ3v) is 2.97. The van der Waals surface area contributed by atoms with Crippen molar-refractivity contribution >= 4 is 15.8 Å². The molecule has 0 radical (unpaired) electrons. The summed E-state index contributed by atoms with van der Waals surface area (Å²) in [5.41, 5.74) is 1.56. The summed E-state index contributed by atoms with van der Waals surface area (Å²) in [7, 11) is -3.19. The lowest BCUT2D eigenvalue weighted by molar-refractivity contribution is -0.136. The van der Waals surface area contributed by atoms with E-state index in [9.17, 15) is 13.2 Å². The number of aliphatic carboxylic acids is 1. The molecular formula is C10H14N2O4S. The number of aromatic nitrogens is 2. The first kappa shape index (κ1) is 13.6. The summed E-state index contributed by atoms with van der Waals surface area (Å²) in [4.78, 5) is 18.7. The molecule has 6 nitrogen and oxygen atoms in total. The van der Waals surface area contributed by atoms with Gasteiger partial charge in [0, 0.05) is 23.2 Å². The predicted octanol–water partition coefficient (Wildman–Crippen LogP) is 0.265. The van der Waals surface area contributed by atoms with Crippen LogP contribution in [0.5, 0.6) is 0 Å². The highest BCUT2D eigenvalue weighted by molar-refractivity contribution is 7.89. The smallest absolute Gasteiger partial charge is 0.307 e. The highest BCUT2D eigenvalue weighted by Crippen LogP contribution is 2.12. The Morgan fingerprint density at radius 2 is 1.71 bits per heavy atom. The molecule has 0 aliphatic carbocycles. The van der Waals surface area contributed by atoms with Crippen LogP contribution in [0.15, 0.2) is 0 Å². The predicted molar refractivity (Wildman–Crippen MR) is 61.4 cm³/mol. The summed E-state index contributed by atoms with van der Waals surface area (Å²) in [6.45, 7) is 3.30. The van der Waals surface area contributed by atoms with Gasteiger partial charge in [0.05, 0.1) is 6.42 Å². The maximum Gasteiger partial charge on any atom is 0.307 e. The maximum absolute atomic E-state index is 11.1. The Kier molecular flexibility index (Phi) is 3.82. The topological polar surface area (TPSA) is 97.2 Å². The van der Waals surface area contributed by atoms with E-state index in [2.05, 4.69) is 9.97 Å². The Morgan fingerprint density at radius 1 is 1.24 bits per heavy atom. The molecule has 1 heterocycles. The van der Waals surface area contributed by atoms with Crippen LogP contribution in [0, 0.1) is 13.8 Å². The van der Waals surface area contributed by atoms with E-state index in [1.54, 1.807) is 13.8 Å². The van der Waals surface area contributed by atoms with Crippen LogP contribution in [0.2, 0.25) is 0 Å². The molecule has 0 bridgehead atoms. The van der Waals surface area contributed by atoms with Crippen LogP contribution >= 0.6 is 0 Å². The number of carboxylic acid groups (broad SMARTS) is 1. The molecule has 0 atom stereocenters. The molecule has 17 heavy (non-hydrogen) atoms. The first-order chi connectivity index (χ1) is 7.69. The van der Waals surface area contributed by atoms with E-state index in [1.165, 1.54) is 0 Å². The van der Waals surface area contributed by atoms with Gasteiger partial charge in [0.1, 0.15) is 11.6 Å². The second-order valence-corrected chi connectivity index (χ2v) is 6.07. The van der Waals surface area contributed by atoms with Crippen LogP contribution in [-0.2, 0) is 26.8 Å². The van der Waals surface area contributed by atoms with Crippen LogP contribution in [0.25, 0.3) is 0 Å². The van der Waals surface area contributed by atoms with E-state index in [0.717, 1.165) is 6.26 Å². The first-order valence-electron chi connectivity index (χ1n) is 4.91. The molecule has 1 N–H and O–H groups in total. The maximum atomic E-state index is 11.1. The molecule has 94 valence electrons. The van der Waals surface area contributed by atoms with Gasteiger partial charge in [-0.15, -0.1) is 0 Å². The number of carboxylic acids is 1. The number of hydrogen-bond donors (Lipinski definition) is 1. The minimum Gasteiger partial charge on any atom is -0.481 e. The Labute approximate surface area is 99.6 Å². The summed E-state index contributed by atoms with van der Waals surface area (Å²) in [6.07, 6.45) is 0.947. The van der Waals surface area contributed by atoms with Crippen LogP contribution in [0.3, 0.4) is 0 Å². The molecule has 1 aromatic rings. The van der Waals surface area contributed by atoms with E-state index < -0.39 is 15.8 Å². The summed E-state index contributed by atoms with van der Waals surface area (Å²) in [5.74, 6) is -0.991. The third kappa shape index (κ3) is 4.10. The van der Waals surface area contributed by atoms with Gasteiger partial charge in [0.2, 0.25) is 0 Å². The SMILES string of the molecule is Cc1nc(CS(C)(=O)=O)nc(C)c1CC(=O)O. The molecule has 0 aromatic carbocycles. The first-order valence-corrected chi connectivity index (χ1v) is 6.97. The van der Waals surface area contributed by atoms with Crippen molar-refractivity contribution in [3.8, 4) is 0 Å². The molecule has 0 unspecified atom stereocenters. The normalized spacial score (nSPS) is 11.5. The van der Waals surface area contributed by atoms with Gasteiger partial charge in [0.25, 0.3) is 0 Å². The quantitative estimate of drug-likeness (QED) is 0.832. The second-order valence-electron chi connectivity index (χ2n) is 3.93. The van der Waals surface area contributed by atoms with Crippen molar-refractivity contribution in [3.05, 3.63) is 22.8 Å². The van der Waals surface area contributed by atoms with Crippen molar-refractivity contribution in [2.45, 2.75) is 26.0 Å². The average Bonchev–Trinajstić information content (AvgIpc) is 2.08. The molecule has 1 rings (SSSR count). The van der Waals surface area contributed by atoms with Crippen molar-refractivity contribution in [1.82, 2.24) is 9.97 Å². The van der Waals surface area contributed by atoms with Crippen molar-refractivity contribution in [2.75, 3.05) is 6.26 Å². The molecular weight excluding hydrogens is 244 g/mol. The molecule has 0 saturated carbocycles. The zero-order valence-electron chi connectivity index (χ0n) is 9.89. The molecule has 0 fully saturated rings. The summed E-state index contributed by atoms with van der Waals surface area (Å²) in [5, 5.41) is 8.72. The van der Waals surface area contributed by atoms with E-state index in [-0.39, 0.29) is 18.0 Å². The Hall–Kier alpha value is -1.50. The lowest BCUT2D eigenvalue weighted by atomic mass is 10.1. The van der Waals surface area contributed by atoms with Crippen molar-refractivity contribution in [1.29, 1.82) is 0 Å². The number of hydrogen-bond acceptors (Lipinski definition) is 5. The minimum absolute atomic E-state index is 0.156. The summed E-state index contributed by atoms with van der Waals surface area (Å²) < 4.78 is 22.2. The average molecular weight is 258 g/mol. The summed E-state index contributed by atoms with van der Waals surface area (Å²) in [6, 6.07) is 0. The highest BCUT2D eigenvalue weighted by Gasteiger charge is 2.14. The largest absolute Gasteiger partial charge is 0.481 e. The fourth-order valence-electron chi connectivity index (χ4n) is 1.52. The minimum atomic E-state index is -3.19. The number of rotatable bonds is 4. The van der Waals surface area contributed by atoms with Crippen LogP contribution in [0.1, 0.15) is 22.8 Å². The Morgan fingerprint density at radius 3 is 2.06 bits per heavy atom. The van der Waals surface area contributed by atoms with Crippen LogP contribution < -0.4 is 0 Å². The number of aryl methyl sites for hydroxylation is 2. The Bertz CT molecular complexity index is 528. The van der Waals surface area contributed by atoms with E-state index in [0.29, 0.717) is 17.0 Å². The number of nitrogens with zero attached hydrogens (tertiary/aromatic N) is 2. The Balaban J connectivity index is 3.13. The van der Waals surface area contributed by atoms with Gasteiger partial charge in [-0.1, -0.05) is 0 Å². The fourth-order valence-corrected chi connectivity index (χ4v) is 2.11. The van der Waals surface area contributed by atoms with Gasteiger partial charge in [-0.3, -0.25) is 4.79 Å². The van der Waals surface area contributed by atoms with E-state index >= 15 is 0 Å². The van der Waals surface area contributed by atoms with Crippen molar-refractivity contribution < 1.29 is 18.3 Å². The lowest BCUT2D eigenvalue weighted by Crippen LogP contribution is -2.12. The monoisotopic (exact) mass is 258 g/mol. The van der Waals surface area contributed by atoms with Crippen molar-refractivity contribution in [2.24, 2.45) is 0 Å². The van der Waals surface area contributed by atoms with Crippen LogP contribution in [0.4, 0.5) is 0 Å². The van der Waals surface area contributed by atoms with Gasteiger partial charge in [-0.2, -0.15) is 0 Å². The summed E-state index contributed by atoms with van der Waals surface area (Å²) >= 11 is 0. The molecule has 7 heteroatoms. The fraction of sp³-hybridized carbons (Fsp3) is 0.500. The molecule has 0 spiro atoms. The van der Waals surface area contributed by atoms with Gasteiger partial charge in [0.15, 0.2) is 9.84 Å². The standard InChI is InChI=1S/C10H14N2O4S/c1-6-8(4-10(13)14)7(2)12-9(11-6)5-17(3,15)16/h4-5H2,1-3H3,(H,13,14). The molecule has 1 aromatic heterocycles. The van der Waals surface area contributed by atoms with Crippen molar-refractivity contribution in [3.63, 3.8) is 0 Å². The highest BCUT2D eigenvalue weighted by atomic mass is 32.2. The second kappa shape index (κ2) is 4.79. The molecule has 0 amide bonds. The molecule has 0 saturated heterocycles. The number of carbonyl (C=O) groups is 1. The van der Waals surface area contributed by atoms with Gasteiger partial charge < -0.3 is 5.11 Å². The third-order valence-electron chi connectivity index (χ3n) is 2.19. The van der Waals surface area contributed by atoms with E-state index in [1.807, 2.05) is 0 Å². The zero-order chi connectivity index (χ0) is 13.2. The molecule has 0 aliphatic rings. The molecule has 0 aliphatic heterocycles. The van der Waals surface area contributed by atoms with Gasteiger partial charge >= 0.3 is 5.97 Å². The zero-order valence-corrected chi connectivity index (χ0v) is 10.7. The van der Waals surface area contributed by atoms with Gasteiger partial charge in [-0.05, 0) is 13.8 Å². The lowest BCUT2D eigenvalue weighted by Gasteiger charge is -2.08. The van der Waals surface area contributed by atoms with Crippen LogP contribution in [-0.4, -0.2) is 35.7 Å².